The Hall–Kier alpha value is -1.53. The number of halogens is 1. The van der Waals surface area contributed by atoms with Crippen molar-refractivity contribution in [1.29, 1.82) is 0 Å². The highest BCUT2D eigenvalue weighted by molar-refractivity contribution is 6.31. The number of allylic oxidation sites excluding steroid dienone is 1. The number of nitrogens with one attached hydrogen (secondary N) is 1. The molecule has 2 aliphatic rings. The van der Waals surface area contributed by atoms with Crippen LogP contribution >= 0.6 is 11.6 Å². The largest absolute Gasteiger partial charge is 0.441 e. The van der Waals surface area contributed by atoms with Gasteiger partial charge in [-0.25, -0.2) is 10.0 Å². The van der Waals surface area contributed by atoms with Crippen molar-refractivity contribution in [3.05, 3.63) is 23.3 Å². The van der Waals surface area contributed by atoms with E-state index in [2.05, 4.69) is 10.5 Å². The Morgan fingerprint density at radius 3 is 3.00 bits per heavy atom. The van der Waals surface area contributed by atoms with Crippen molar-refractivity contribution >= 4 is 23.3 Å². The molecule has 1 atom stereocenters. The number of hydrogen-bond donors (Lipinski definition) is 1. The molecule has 1 unspecified atom stereocenters. The fraction of sp³-hybridized carbons (Fsp3) is 0.400. The molecule has 0 bridgehead atoms. The van der Waals surface area contributed by atoms with Gasteiger partial charge in [-0.15, -0.1) is 5.53 Å². The zero-order valence-electron chi connectivity index (χ0n) is 9.77. The van der Waals surface area contributed by atoms with Gasteiger partial charge in [0.05, 0.1) is 6.20 Å². The Balaban J connectivity index is 2.13. The van der Waals surface area contributed by atoms with E-state index in [4.69, 9.17) is 16.3 Å². The standard InChI is InChI=1S/C10H13ClN4O2/c1-6-4-9(11)15-10(12-6)5-14(13-15)7(2)17-8(3)16/h4-5,7,13H,1-3H3. The fourth-order valence-electron chi connectivity index (χ4n) is 1.55. The summed E-state index contributed by atoms with van der Waals surface area (Å²) in [5.74, 6) is 0.317. The van der Waals surface area contributed by atoms with Crippen LogP contribution in [0, 0.1) is 0 Å². The fourth-order valence-corrected chi connectivity index (χ4v) is 1.83. The smallest absolute Gasteiger partial charge is 0.304 e. The van der Waals surface area contributed by atoms with E-state index in [0.29, 0.717) is 11.0 Å². The van der Waals surface area contributed by atoms with Gasteiger partial charge in [0.2, 0.25) is 0 Å². The van der Waals surface area contributed by atoms with E-state index < -0.39 is 6.23 Å². The third-order valence-electron chi connectivity index (χ3n) is 2.26. The normalized spacial score (nSPS) is 20.4. The summed E-state index contributed by atoms with van der Waals surface area (Å²) in [7, 11) is 0. The van der Waals surface area contributed by atoms with Gasteiger partial charge >= 0.3 is 5.97 Å². The van der Waals surface area contributed by atoms with Crippen molar-refractivity contribution in [1.82, 2.24) is 15.6 Å². The van der Waals surface area contributed by atoms with Crippen molar-refractivity contribution in [3.8, 4) is 0 Å². The predicted octanol–water partition coefficient (Wildman–Crippen LogP) is 1.29. The van der Waals surface area contributed by atoms with Gasteiger partial charge in [0.1, 0.15) is 5.16 Å². The third kappa shape index (κ3) is 2.42. The first kappa shape index (κ1) is 11.9. The van der Waals surface area contributed by atoms with Crippen molar-refractivity contribution in [2.45, 2.75) is 27.0 Å². The van der Waals surface area contributed by atoms with Crippen LogP contribution in [0.25, 0.3) is 0 Å². The molecule has 92 valence electrons. The molecular formula is C10H13ClN4O2. The molecule has 1 N–H and O–H groups in total. The predicted molar refractivity (Wildman–Crippen MR) is 63.2 cm³/mol. The molecule has 7 heteroatoms. The number of esters is 1. The summed E-state index contributed by atoms with van der Waals surface area (Å²) in [4.78, 5) is 15.2. The van der Waals surface area contributed by atoms with E-state index in [1.54, 1.807) is 29.2 Å². The van der Waals surface area contributed by atoms with Crippen LogP contribution < -0.4 is 5.53 Å². The first-order valence-electron chi connectivity index (χ1n) is 5.13. The Bertz CT molecular complexity index is 444. The molecule has 2 rings (SSSR count). The zero-order valence-corrected chi connectivity index (χ0v) is 10.5. The van der Waals surface area contributed by atoms with Gasteiger partial charge in [0.15, 0.2) is 12.0 Å². The van der Waals surface area contributed by atoms with Gasteiger partial charge in [-0.05, 0) is 19.9 Å². The van der Waals surface area contributed by atoms with Gasteiger partial charge in [-0.2, -0.15) is 0 Å². The number of carbonyl (C=O) groups excluding carboxylic acids is 1. The van der Waals surface area contributed by atoms with E-state index in [1.165, 1.54) is 6.92 Å². The Morgan fingerprint density at radius 1 is 1.65 bits per heavy atom. The number of carbonyl (C=O) groups is 1. The van der Waals surface area contributed by atoms with Crippen molar-refractivity contribution in [2.24, 2.45) is 4.99 Å². The Kier molecular flexibility index (Phi) is 3.08. The highest BCUT2D eigenvalue weighted by Gasteiger charge is 2.29. The van der Waals surface area contributed by atoms with Crippen LogP contribution in [-0.4, -0.2) is 27.9 Å². The molecule has 2 aliphatic heterocycles. The molecule has 2 heterocycles. The average Bonchev–Trinajstić information content (AvgIpc) is 2.60. The molecule has 0 radical (unpaired) electrons. The second-order valence-electron chi connectivity index (χ2n) is 3.76. The lowest BCUT2D eigenvalue weighted by Gasteiger charge is -2.27. The monoisotopic (exact) mass is 256 g/mol. The molecule has 0 aromatic carbocycles. The number of rotatable bonds is 2. The quantitative estimate of drug-likeness (QED) is 0.596. The second-order valence-corrected chi connectivity index (χ2v) is 4.15. The lowest BCUT2D eigenvalue weighted by molar-refractivity contribution is -0.156. The van der Waals surface area contributed by atoms with E-state index >= 15 is 0 Å². The summed E-state index contributed by atoms with van der Waals surface area (Å²) in [6.45, 7) is 4.97. The van der Waals surface area contributed by atoms with Gasteiger partial charge < -0.3 is 4.74 Å². The number of aliphatic imine (C=N–C) groups is 1. The summed E-state index contributed by atoms with van der Waals surface area (Å²) in [6.07, 6.45) is 3.03. The number of nitrogens with zero attached hydrogens (tertiary/aromatic N) is 3. The summed E-state index contributed by atoms with van der Waals surface area (Å²) < 4.78 is 5.04. The maximum Gasteiger partial charge on any atom is 0.304 e. The lowest BCUT2D eigenvalue weighted by atomic mass is 10.3. The van der Waals surface area contributed by atoms with Gasteiger partial charge in [-0.1, -0.05) is 11.6 Å². The summed E-state index contributed by atoms with van der Waals surface area (Å²) >= 11 is 6.06. The number of hydrogen-bond acceptors (Lipinski definition) is 6. The molecule has 0 fully saturated rings. The van der Waals surface area contributed by atoms with Crippen molar-refractivity contribution < 1.29 is 9.53 Å². The highest BCUT2D eigenvalue weighted by Crippen LogP contribution is 2.25. The minimum Gasteiger partial charge on any atom is -0.441 e. The van der Waals surface area contributed by atoms with Gasteiger partial charge in [0.25, 0.3) is 0 Å². The molecular weight excluding hydrogens is 244 g/mol. The second kappa shape index (κ2) is 4.38. The maximum absolute atomic E-state index is 10.9. The SMILES string of the molecule is CC(=O)OC(C)N1C=C2N=C(C)C=C(Cl)N2N1. The van der Waals surface area contributed by atoms with Crippen LogP contribution in [0.4, 0.5) is 0 Å². The Labute approximate surface area is 104 Å². The van der Waals surface area contributed by atoms with Crippen LogP contribution in [0.1, 0.15) is 20.8 Å². The summed E-state index contributed by atoms with van der Waals surface area (Å²) in [5, 5.41) is 3.74. The third-order valence-corrected chi connectivity index (χ3v) is 2.54. The van der Waals surface area contributed by atoms with E-state index in [9.17, 15) is 4.79 Å². The lowest BCUT2D eigenvalue weighted by Crippen LogP contribution is -2.45. The number of hydrazine groups is 2. The number of ether oxygens (including phenoxy) is 1. The van der Waals surface area contributed by atoms with E-state index in [0.717, 1.165) is 5.71 Å². The maximum atomic E-state index is 10.9. The molecule has 0 aromatic rings. The molecule has 6 nitrogen and oxygen atoms in total. The van der Waals surface area contributed by atoms with E-state index in [1.807, 2.05) is 6.92 Å². The summed E-state index contributed by atoms with van der Waals surface area (Å²) in [6, 6.07) is 0. The van der Waals surface area contributed by atoms with Gasteiger partial charge in [0, 0.05) is 12.6 Å². The van der Waals surface area contributed by atoms with Crippen LogP contribution in [0.3, 0.4) is 0 Å². The molecule has 0 saturated heterocycles. The molecule has 17 heavy (non-hydrogen) atoms. The minimum atomic E-state index is -0.439. The summed E-state index contributed by atoms with van der Waals surface area (Å²) in [5.41, 5.74) is 3.78. The molecule has 0 amide bonds. The van der Waals surface area contributed by atoms with Crippen LogP contribution in [-0.2, 0) is 9.53 Å². The molecule has 0 aromatic heterocycles. The zero-order chi connectivity index (χ0) is 12.6. The van der Waals surface area contributed by atoms with Crippen LogP contribution in [0.5, 0.6) is 0 Å². The topological polar surface area (TPSA) is 57.2 Å². The van der Waals surface area contributed by atoms with Crippen LogP contribution in [0.15, 0.2) is 28.2 Å². The highest BCUT2D eigenvalue weighted by atomic mass is 35.5. The molecule has 0 aliphatic carbocycles. The minimum absolute atomic E-state index is 0.344. The van der Waals surface area contributed by atoms with Crippen molar-refractivity contribution in [2.75, 3.05) is 0 Å². The Morgan fingerprint density at radius 2 is 2.35 bits per heavy atom. The average molecular weight is 257 g/mol. The first-order chi connectivity index (χ1) is 7.97. The van der Waals surface area contributed by atoms with Crippen LogP contribution in [0.2, 0.25) is 0 Å². The number of fused-ring (bicyclic) bond motifs is 1. The molecule has 0 saturated carbocycles. The molecule has 0 spiro atoms. The van der Waals surface area contributed by atoms with Crippen molar-refractivity contribution in [3.63, 3.8) is 0 Å². The van der Waals surface area contributed by atoms with Gasteiger partial charge in [-0.3, -0.25) is 9.80 Å². The van der Waals surface area contributed by atoms with E-state index in [-0.39, 0.29) is 5.97 Å². The first-order valence-corrected chi connectivity index (χ1v) is 5.51.